The van der Waals surface area contributed by atoms with E-state index < -0.39 is 0 Å². The van der Waals surface area contributed by atoms with Gasteiger partial charge in [-0.3, -0.25) is 0 Å². The van der Waals surface area contributed by atoms with Gasteiger partial charge in [0.1, 0.15) is 0 Å². The second-order valence-electron chi connectivity index (χ2n) is 4.77. The van der Waals surface area contributed by atoms with Crippen LogP contribution in [0, 0.1) is 0 Å². The molecule has 1 aliphatic heterocycles. The van der Waals surface area contributed by atoms with E-state index in [2.05, 4.69) is 36.1 Å². The summed E-state index contributed by atoms with van der Waals surface area (Å²) in [5, 5.41) is 3.42. The maximum atomic E-state index is 5.74. The van der Waals surface area contributed by atoms with Gasteiger partial charge in [-0.1, -0.05) is 6.92 Å². The van der Waals surface area contributed by atoms with Gasteiger partial charge in [-0.2, -0.15) is 0 Å². The van der Waals surface area contributed by atoms with Crippen LogP contribution < -0.4 is 5.32 Å². The van der Waals surface area contributed by atoms with Gasteiger partial charge in [0.2, 0.25) is 0 Å². The van der Waals surface area contributed by atoms with E-state index in [1.54, 1.807) is 0 Å². The molecule has 0 aromatic heterocycles. The highest BCUT2D eigenvalue weighted by molar-refractivity contribution is 4.72. The van der Waals surface area contributed by atoms with Crippen molar-refractivity contribution in [2.75, 3.05) is 60.0 Å². The number of nitrogens with zero attached hydrogens (tertiary/aromatic N) is 2. The van der Waals surface area contributed by atoms with Gasteiger partial charge in [0, 0.05) is 32.7 Å². The molecule has 1 saturated heterocycles. The van der Waals surface area contributed by atoms with Gasteiger partial charge >= 0.3 is 0 Å². The zero-order valence-corrected chi connectivity index (χ0v) is 11.0. The Bertz CT molecular complexity index is 178. The number of hydrogen-bond donors (Lipinski definition) is 1. The van der Waals surface area contributed by atoms with Crippen molar-refractivity contribution in [2.24, 2.45) is 0 Å². The molecule has 0 spiro atoms. The maximum absolute atomic E-state index is 5.74. The van der Waals surface area contributed by atoms with E-state index in [-0.39, 0.29) is 0 Å². The molecule has 1 heterocycles. The molecule has 0 aliphatic carbocycles. The zero-order chi connectivity index (χ0) is 11.8. The first-order valence-electron chi connectivity index (χ1n) is 6.41. The standard InChI is InChI=1S/C12H27N3O/c1-4-5-13-6-7-14(2)10-12-11-15(3)8-9-16-12/h12-13H,4-11H2,1-3H3. The number of ether oxygens (including phenoxy) is 1. The first-order chi connectivity index (χ1) is 7.72. The third-order valence-corrected chi connectivity index (χ3v) is 2.95. The summed E-state index contributed by atoms with van der Waals surface area (Å²) in [6, 6.07) is 0. The van der Waals surface area contributed by atoms with E-state index in [0.29, 0.717) is 6.10 Å². The molecule has 0 radical (unpaired) electrons. The van der Waals surface area contributed by atoms with Crippen molar-refractivity contribution in [3.05, 3.63) is 0 Å². The molecule has 0 saturated carbocycles. The molecular weight excluding hydrogens is 202 g/mol. The van der Waals surface area contributed by atoms with E-state index in [4.69, 9.17) is 4.74 Å². The summed E-state index contributed by atoms with van der Waals surface area (Å²) in [6.07, 6.45) is 1.59. The predicted octanol–water partition coefficient (Wildman–Crippen LogP) is 0.248. The molecule has 1 N–H and O–H groups in total. The summed E-state index contributed by atoms with van der Waals surface area (Å²) in [4.78, 5) is 4.70. The Hall–Kier alpha value is -0.160. The summed E-state index contributed by atoms with van der Waals surface area (Å²) in [5.74, 6) is 0. The van der Waals surface area contributed by atoms with Crippen molar-refractivity contribution < 1.29 is 4.74 Å². The van der Waals surface area contributed by atoms with Crippen molar-refractivity contribution in [3.8, 4) is 0 Å². The topological polar surface area (TPSA) is 27.7 Å². The second kappa shape index (κ2) is 8.01. The lowest BCUT2D eigenvalue weighted by Crippen LogP contribution is -2.46. The number of nitrogens with one attached hydrogen (secondary N) is 1. The van der Waals surface area contributed by atoms with Crippen molar-refractivity contribution in [1.82, 2.24) is 15.1 Å². The van der Waals surface area contributed by atoms with Gasteiger partial charge in [-0.25, -0.2) is 0 Å². The van der Waals surface area contributed by atoms with Crippen LogP contribution in [0.4, 0.5) is 0 Å². The molecule has 1 unspecified atom stereocenters. The summed E-state index contributed by atoms with van der Waals surface area (Å²) >= 11 is 0. The van der Waals surface area contributed by atoms with E-state index in [1.807, 2.05) is 0 Å². The highest BCUT2D eigenvalue weighted by Crippen LogP contribution is 2.03. The first-order valence-corrected chi connectivity index (χ1v) is 6.41. The first kappa shape index (κ1) is 13.9. The Morgan fingerprint density at radius 2 is 2.25 bits per heavy atom. The lowest BCUT2D eigenvalue weighted by atomic mass is 10.2. The SMILES string of the molecule is CCCNCCN(C)CC1CN(C)CCO1. The molecule has 16 heavy (non-hydrogen) atoms. The van der Waals surface area contributed by atoms with Gasteiger partial charge < -0.3 is 19.9 Å². The Labute approximate surface area is 99.9 Å². The molecule has 1 aliphatic rings. The highest BCUT2D eigenvalue weighted by atomic mass is 16.5. The van der Waals surface area contributed by atoms with Crippen LogP contribution in [0.3, 0.4) is 0 Å². The molecule has 4 nitrogen and oxygen atoms in total. The van der Waals surface area contributed by atoms with E-state index in [1.165, 1.54) is 6.42 Å². The number of hydrogen-bond acceptors (Lipinski definition) is 4. The molecular formula is C12H27N3O. The largest absolute Gasteiger partial charge is 0.374 e. The molecule has 96 valence electrons. The minimum Gasteiger partial charge on any atom is -0.374 e. The van der Waals surface area contributed by atoms with Gasteiger partial charge in [-0.15, -0.1) is 0 Å². The Balaban J connectivity index is 2.06. The average Bonchev–Trinajstić information content (AvgIpc) is 2.24. The van der Waals surface area contributed by atoms with Gasteiger partial charge in [0.15, 0.2) is 0 Å². The van der Waals surface area contributed by atoms with E-state index >= 15 is 0 Å². The van der Waals surface area contributed by atoms with Gasteiger partial charge in [-0.05, 0) is 27.1 Å². The van der Waals surface area contributed by atoms with Crippen LogP contribution in [0.2, 0.25) is 0 Å². The smallest absolute Gasteiger partial charge is 0.0829 e. The fourth-order valence-corrected chi connectivity index (χ4v) is 1.99. The lowest BCUT2D eigenvalue weighted by Gasteiger charge is -2.32. The van der Waals surface area contributed by atoms with Crippen LogP contribution in [0.25, 0.3) is 0 Å². The van der Waals surface area contributed by atoms with Gasteiger partial charge in [0.25, 0.3) is 0 Å². The lowest BCUT2D eigenvalue weighted by molar-refractivity contribution is -0.0322. The molecule has 0 aromatic carbocycles. The fraction of sp³-hybridized carbons (Fsp3) is 1.00. The average molecular weight is 229 g/mol. The third-order valence-electron chi connectivity index (χ3n) is 2.95. The quantitative estimate of drug-likeness (QED) is 0.633. The van der Waals surface area contributed by atoms with Crippen LogP contribution in [0.5, 0.6) is 0 Å². The van der Waals surface area contributed by atoms with Crippen LogP contribution in [0.15, 0.2) is 0 Å². The minimum absolute atomic E-state index is 0.384. The Kier molecular flexibility index (Phi) is 6.96. The molecule has 0 amide bonds. The molecule has 0 aromatic rings. The van der Waals surface area contributed by atoms with E-state index in [9.17, 15) is 0 Å². The van der Waals surface area contributed by atoms with Crippen LogP contribution >= 0.6 is 0 Å². The minimum atomic E-state index is 0.384. The van der Waals surface area contributed by atoms with Crippen LogP contribution in [0.1, 0.15) is 13.3 Å². The van der Waals surface area contributed by atoms with Gasteiger partial charge in [0.05, 0.1) is 12.7 Å². The number of likely N-dealkylation sites (N-methyl/N-ethyl adjacent to an activating group) is 2. The maximum Gasteiger partial charge on any atom is 0.0829 e. The van der Waals surface area contributed by atoms with Crippen molar-refractivity contribution >= 4 is 0 Å². The molecule has 0 bridgehead atoms. The Morgan fingerprint density at radius 3 is 2.94 bits per heavy atom. The molecule has 1 atom stereocenters. The number of rotatable bonds is 7. The van der Waals surface area contributed by atoms with Crippen molar-refractivity contribution in [1.29, 1.82) is 0 Å². The summed E-state index contributed by atoms with van der Waals surface area (Å²) < 4.78 is 5.74. The summed E-state index contributed by atoms with van der Waals surface area (Å²) in [7, 11) is 4.34. The second-order valence-corrected chi connectivity index (χ2v) is 4.77. The zero-order valence-electron chi connectivity index (χ0n) is 11.0. The fourth-order valence-electron chi connectivity index (χ4n) is 1.99. The third kappa shape index (κ3) is 5.80. The van der Waals surface area contributed by atoms with E-state index in [0.717, 1.165) is 45.9 Å². The van der Waals surface area contributed by atoms with Crippen LogP contribution in [-0.4, -0.2) is 75.9 Å². The molecule has 1 fully saturated rings. The van der Waals surface area contributed by atoms with Crippen molar-refractivity contribution in [3.63, 3.8) is 0 Å². The summed E-state index contributed by atoms with van der Waals surface area (Å²) in [6.45, 7) is 9.54. The molecule has 1 rings (SSSR count). The molecule has 4 heteroatoms. The van der Waals surface area contributed by atoms with Crippen molar-refractivity contribution in [2.45, 2.75) is 19.4 Å². The summed E-state index contributed by atoms with van der Waals surface area (Å²) in [5.41, 5.74) is 0. The number of morpholine rings is 1. The highest BCUT2D eigenvalue weighted by Gasteiger charge is 2.18. The normalized spacial score (nSPS) is 22.9. The monoisotopic (exact) mass is 229 g/mol. The Morgan fingerprint density at radius 1 is 1.44 bits per heavy atom. The van der Waals surface area contributed by atoms with Crippen LogP contribution in [-0.2, 0) is 4.74 Å². The predicted molar refractivity (Wildman–Crippen MR) is 67.9 cm³/mol.